The van der Waals surface area contributed by atoms with Crippen LogP contribution in [0, 0.1) is 0 Å². The molecule has 1 aliphatic heterocycles. The van der Waals surface area contributed by atoms with Crippen molar-refractivity contribution in [3.05, 3.63) is 54.1 Å². The minimum Gasteiger partial charge on any atom is -0.333 e. The fourth-order valence-electron chi connectivity index (χ4n) is 2.80. The second-order valence-electron chi connectivity index (χ2n) is 6.00. The number of hydrogen-bond acceptors (Lipinski definition) is 5. The van der Waals surface area contributed by atoms with E-state index in [2.05, 4.69) is 15.3 Å². The highest BCUT2D eigenvalue weighted by Crippen LogP contribution is 2.26. The molecule has 0 saturated carbocycles. The van der Waals surface area contributed by atoms with Crippen molar-refractivity contribution >= 4 is 23.5 Å². The first-order chi connectivity index (χ1) is 12.5. The van der Waals surface area contributed by atoms with Gasteiger partial charge in [0.1, 0.15) is 6.33 Å². The quantitative estimate of drug-likeness (QED) is 0.903. The third-order valence-corrected chi connectivity index (χ3v) is 4.41. The van der Waals surface area contributed by atoms with E-state index in [0.29, 0.717) is 11.3 Å². The Balaban J connectivity index is 1.88. The van der Waals surface area contributed by atoms with Crippen molar-refractivity contribution in [2.75, 3.05) is 18.5 Å². The van der Waals surface area contributed by atoms with E-state index in [1.54, 1.807) is 48.5 Å². The molecule has 0 spiro atoms. The molecule has 8 heteroatoms. The summed E-state index contributed by atoms with van der Waals surface area (Å²) in [5.74, 6) is -0.555. The van der Waals surface area contributed by atoms with Crippen LogP contribution >= 0.6 is 0 Å². The number of nitrogens with zero attached hydrogens (tertiary/aromatic N) is 4. The number of aromatic nitrogens is 2. The molecule has 1 fully saturated rings. The van der Waals surface area contributed by atoms with Gasteiger partial charge in [-0.2, -0.15) is 0 Å². The molecule has 0 bridgehead atoms. The summed E-state index contributed by atoms with van der Waals surface area (Å²) in [5.41, 5.74) is 1.58. The Bertz CT molecular complexity index is 840. The Labute approximate surface area is 150 Å². The van der Waals surface area contributed by atoms with E-state index in [0.717, 1.165) is 5.69 Å². The van der Waals surface area contributed by atoms with Gasteiger partial charge in [0.25, 0.3) is 5.91 Å². The Kier molecular flexibility index (Phi) is 4.92. The van der Waals surface area contributed by atoms with Crippen molar-refractivity contribution in [3.8, 4) is 0 Å². The van der Waals surface area contributed by atoms with Crippen molar-refractivity contribution < 1.29 is 14.4 Å². The zero-order valence-electron chi connectivity index (χ0n) is 14.5. The van der Waals surface area contributed by atoms with E-state index in [-0.39, 0.29) is 30.8 Å². The zero-order chi connectivity index (χ0) is 18.7. The Hall–Kier alpha value is -3.29. The van der Waals surface area contributed by atoms with Crippen LogP contribution in [0.15, 0.2) is 42.9 Å². The fourth-order valence-corrected chi connectivity index (χ4v) is 2.80. The van der Waals surface area contributed by atoms with Crippen LogP contribution in [0.1, 0.15) is 35.4 Å². The molecule has 4 amide bonds. The molecule has 134 valence electrons. The Morgan fingerprint density at radius 1 is 1.27 bits per heavy atom. The number of benzene rings is 1. The van der Waals surface area contributed by atoms with Gasteiger partial charge in [-0.1, -0.05) is 12.1 Å². The summed E-state index contributed by atoms with van der Waals surface area (Å²) in [5, 5.41) is 2.28. The molecule has 1 aliphatic rings. The van der Waals surface area contributed by atoms with Gasteiger partial charge in [0, 0.05) is 26.2 Å². The monoisotopic (exact) mass is 353 g/mol. The number of para-hydroxylation sites is 1. The van der Waals surface area contributed by atoms with Crippen LogP contribution in [-0.2, 0) is 4.79 Å². The van der Waals surface area contributed by atoms with Gasteiger partial charge in [0.15, 0.2) is 0 Å². The summed E-state index contributed by atoms with van der Waals surface area (Å²) < 4.78 is 0. The number of rotatable bonds is 4. The first kappa shape index (κ1) is 17.5. The largest absolute Gasteiger partial charge is 0.333 e. The summed E-state index contributed by atoms with van der Waals surface area (Å²) >= 11 is 0. The number of hydrogen-bond donors (Lipinski definition) is 1. The van der Waals surface area contributed by atoms with Gasteiger partial charge < -0.3 is 4.90 Å². The van der Waals surface area contributed by atoms with Gasteiger partial charge in [-0.25, -0.2) is 14.8 Å². The standard InChI is InChI=1S/C18H19N5O3/c1-12(14-7-9-19-11-20-14)22(2)17(25)13-5-3-4-6-15(13)23-10-8-16(24)21-18(23)26/h3-7,9,11-12H,8,10H2,1-2H3,(H,21,24,26)/t12-/m0/s1. The van der Waals surface area contributed by atoms with Gasteiger partial charge >= 0.3 is 6.03 Å². The van der Waals surface area contributed by atoms with Gasteiger partial charge in [-0.15, -0.1) is 0 Å². The summed E-state index contributed by atoms with van der Waals surface area (Å²) in [6.45, 7) is 2.11. The van der Waals surface area contributed by atoms with E-state index in [1.165, 1.54) is 11.2 Å². The molecule has 1 aromatic heterocycles. The third-order valence-electron chi connectivity index (χ3n) is 4.41. The van der Waals surface area contributed by atoms with Gasteiger partial charge in [0.2, 0.25) is 5.91 Å². The normalized spacial score (nSPS) is 15.4. The maximum atomic E-state index is 13.1. The predicted molar refractivity (Wildman–Crippen MR) is 94.5 cm³/mol. The lowest BCUT2D eigenvalue weighted by Gasteiger charge is -2.30. The van der Waals surface area contributed by atoms with E-state index in [9.17, 15) is 14.4 Å². The number of urea groups is 1. The molecule has 3 rings (SSSR count). The lowest BCUT2D eigenvalue weighted by Crippen LogP contribution is -2.50. The topological polar surface area (TPSA) is 95.5 Å². The molecular weight excluding hydrogens is 334 g/mol. The number of nitrogens with one attached hydrogen (secondary N) is 1. The minimum absolute atomic E-state index is 0.196. The number of carbonyl (C=O) groups is 3. The maximum absolute atomic E-state index is 13.1. The van der Waals surface area contributed by atoms with Crippen molar-refractivity contribution in [3.63, 3.8) is 0 Å². The second-order valence-corrected chi connectivity index (χ2v) is 6.00. The molecule has 2 aromatic rings. The highest BCUT2D eigenvalue weighted by atomic mass is 16.2. The van der Waals surface area contributed by atoms with Crippen LogP contribution in [0.4, 0.5) is 10.5 Å². The molecule has 2 heterocycles. The molecule has 1 aromatic carbocycles. The summed E-state index contributed by atoms with van der Waals surface area (Å²) in [7, 11) is 1.69. The van der Waals surface area contributed by atoms with Crippen LogP contribution in [0.5, 0.6) is 0 Å². The molecular formula is C18H19N5O3. The van der Waals surface area contributed by atoms with Crippen molar-refractivity contribution in [1.82, 2.24) is 20.2 Å². The predicted octanol–water partition coefficient (Wildman–Crippen LogP) is 1.76. The minimum atomic E-state index is -0.520. The molecule has 1 atom stereocenters. The number of imide groups is 1. The van der Waals surface area contributed by atoms with Crippen LogP contribution in [-0.4, -0.2) is 46.3 Å². The molecule has 1 N–H and O–H groups in total. The summed E-state index contributed by atoms with van der Waals surface area (Å²) in [6, 6.07) is 7.83. The summed E-state index contributed by atoms with van der Waals surface area (Å²) in [6.07, 6.45) is 3.26. The molecule has 8 nitrogen and oxygen atoms in total. The van der Waals surface area contributed by atoms with Gasteiger partial charge in [0.05, 0.1) is 23.0 Å². The average molecular weight is 353 g/mol. The lowest BCUT2D eigenvalue weighted by atomic mass is 10.1. The number of amides is 4. The SMILES string of the molecule is C[C@@H](c1ccncn1)N(C)C(=O)c1ccccc1N1CCC(=O)NC1=O. The third kappa shape index (κ3) is 3.39. The molecule has 0 radical (unpaired) electrons. The van der Waals surface area contributed by atoms with Crippen LogP contribution in [0.3, 0.4) is 0 Å². The summed E-state index contributed by atoms with van der Waals surface area (Å²) in [4.78, 5) is 47.6. The number of anilines is 1. The smallest absolute Gasteiger partial charge is 0.328 e. The van der Waals surface area contributed by atoms with Gasteiger partial charge in [-0.05, 0) is 25.1 Å². The van der Waals surface area contributed by atoms with Crippen LogP contribution in [0.25, 0.3) is 0 Å². The van der Waals surface area contributed by atoms with Gasteiger partial charge in [-0.3, -0.25) is 19.8 Å². The molecule has 26 heavy (non-hydrogen) atoms. The van der Waals surface area contributed by atoms with Crippen molar-refractivity contribution in [1.29, 1.82) is 0 Å². The fraction of sp³-hybridized carbons (Fsp3) is 0.278. The van der Waals surface area contributed by atoms with Crippen LogP contribution in [0.2, 0.25) is 0 Å². The first-order valence-corrected chi connectivity index (χ1v) is 8.22. The van der Waals surface area contributed by atoms with Crippen LogP contribution < -0.4 is 10.2 Å². The Morgan fingerprint density at radius 2 is 2.04 bits per heavy atom. The molecule has 1 saturated heterocycles. The average Bonchev–Trinajstić information content (AvgIpc) is 2.67. The first-order valence-electron chi connectivity index (χ1n) is 8.22. The Morgan fingerprint density at radius 3 is 2.73 bits per heavy atom. The van der Waals surface area contributed by atoms with E-state index in [4.69, 9.17) is 0 Å². The van der Waals surface area contributed by atoms with E-state index >= 15 is 0 Å². The molecule has 0 unspecified atom stereocenters. The van der Waals surface area contributed by atoms with E-state index < -0.39 is 6.03 Å². The number of carbonyl (C=O) groups excluding carboxylic acids is 3. The highest BCUT2D eigenvalue weighted by molar-refractivity contribution is 6.09. The second kappa shape index (κ2) is 7.30. The van der Waals surface area contributed by atoms with E-state index in [1.807, 2.05) is 6.92 Å². The molecule has 0 aliphatic carbocycles. The zero-order valence-corrected chi connectivity index (χ0v) is 14.5. The maximum Gasteiger partial charge on any atom is 0.328 e. The lowest BCUT2D eigenvalue weighted by molar-refractivity contribution is -0.120. The van der Waals surface area contributed by atoms with Crippen molar-refractivity contribution in [2.24, 2.45) is 0 Å². The highest BCUT2D eigenvalue weighted by Gasteiger charge is 2.29. The van der Waals surface area contributed by atoms with Crippen molar-refractivity contribution in [2.45, 2.75) is 19.4 Å².